The molecule has 0 saturated carbocycles. The quantitative estimate of drug-likeness (QED) is 0.445. The molecule has 1 amide bonds. The van der Waals surface area contributed by atoms with Crippen LogP contribution in [0.1, 0.15) is 56.3 Å². The maximum atomic E-state index is 13.1. The van der Waals surface area contributed by atoms with Crippen LogP contribution < -0.4 is 10.9 Å². The number of carbonyl (C=O) groups excluding carboxylic acids is 3. The van der Waals surface area contributed by atoms with Crippen molar-refractivity contribution in [3.05, 3.63) is 57.6 Å². The minimum atomic E-state index is -1.29. The summed E-state index contributed by atoms with van der Waals surface area (Å²) in [5, 5.41) is 2.41. The monoisotopic (exact) mass is 462 g/mol. The maximum Gasteiger partial charge on any atom is 0.408 e. The van der Waals surface area contributed by atoms with E-state index in [0.717, 1.165) is 10.3 Å². The molecule has 0 aliphatic rings. The second kappa shape index (κ2) is 11.3. The molecule has 1 atom stereocenters. The van der Waals surface area contributed by atoms with Crippen LogP contribution in [-0.4, -0.2) is 47.6 Å². The third-order valence-electron chi connectivity index (χ3n) is 4.26. The largest absolute Gasteiger partial charge is 0.464 e. The van der Waals surface area contributed by atoms with Gasteiger partial charge < -0.3 is 24.1 Å². The molecule has 1 aromatic carbocycles. The van der Waals surface area contributed by atoms with Gasteiger partial charge in [0.2, 0.25) is 5.76 Å². The average Bonchev–Trinajstić information content (AvgIpc) is 3.03. The number of hydrogen-bond acceptors (Lipinski definition) is 8. The van der Waals surface area contributed by atoms with E-state index in [2.05, 4.69) is 5.32 Å². The molecule has 33 heavy (non-hydrogen) atoms. The van der Waals surface area contributed by atoms with Gasteiger partial charge in [0.05, 0.1) is 25.3 Å². The second-order valence-corrected chi connectivity index (χ2v) is 8.10. The summed E-state index contributed by atoms with van der Waals surface area (Å²) in [6.07, 6.45) is -1.22. The van der Waals surface area contributed by atoms with Gasteiger partial charge >= 0.3 is 18.0 Å². The van der Waals surface area contributed by atoms with Gasteiger partial charge in [0, 0.05) is 6.42 Å². The number of benzene rings is 1. The number of carbonyl (C=O) groups is 3. The van der Waals surface area contributed by atoms with Crippen LogP contribution in [-0.2, 0) is 32.0 Å². The number of nitrogens with zero attached hydrogens (tertiary/aromatic N) is 1. The minimum Gasteiger partial charge on any atom is -0.464 e. The van der Waals surface area contributed by atoms with Crippen LogP contribution in [0.2, 0.25) is 0 Å². The summed E-state index contributed by atoms with van der Waals surface area (Å²) in [7, 11) is 0. The maximum absolute atomic E-state index is 13.1. The van der Waals surface area contributed by atoms with Gasteiger partial charge in [-0.1, -0.05) is 30.3 Å². The predicted molar refractivity (Wildman–Crippen MR) is 118 cm³/mol. The van der Waals surface area contributed by atoms with Crippen LogP contribution >= 0.6 is 0 Å². The first kappa shape index (κ1) is 25.7. The van der Waals surface area contributed by atoms with Crippen LogP contribution in [0.5, 0.6) is 0 Å². The number of esters is 2. The third-order valence-corrected chi connectivity index (χ3v) is 4.26. The summed E-state index contributed by atoms with van der Waals surface area (Å²) in [5.41, 5.74) is -0.776. The normalized spacial score (nSPS) is 12.0. The number of hydrogen-bond donors (Lipinski definition) is 1. The average molecular weight is 462 g/mol. The summed E-state index contributed by atoms with van der Waals surface area (Å²) in [5.74, 6) is -1.97. The number of rotatable bonds is 9. The first-order valence-electron chi connectivity index (χ1n) is 10.7. The number of amides is 1. The molecule has 0 spiro atoms. The molecule has 10 heteroatoms. The highest BCUT2D eigenvalue weighted by atomic mass is 16.6. The molecule has 0 bridgehead atoms. The molecule has 0 radical (unpaired) electrons. The molecule has 1 unspecified atom stereocenters. The Morgan fingerprint density at radius 3 is 2.27 bits per heavy atom. The van der Waals surface area contributed by atoms with E-state index in [1.165, 1.54) is 0 Å². The van der Waals surface area contributed by atoms with Crippen LogP contribution in [0.4, 0.5) is 4.79 Å². The molecule has 1 heterocycles. The first-order chi connectivity index (χ1) is 15.6. The minimum absolute atomic E-state index is 0.0552. The topological polar surface area (TPSA) is 126 Å². The molecule has 10 nitrogen and oxygen atoms in total. The zero-order valence-electron chi connectivity index (χ0n) is 19.5. The molecule has 1 N–H and O–H groups in total. The molecule has 180 valence electrons. The van der Waals surface area contributed by atoms with Gasteiger partial charge in [-0.05, 0) is 40.2 Å². The predicted octanol–water partition coefficient (Wildman–Crippen LogP) is 2.67. The van der Waals surface area contributed by atoms with Crippen molar-refractivity contribution >= 4 is 18.0 Å². The van der Waals surface area contributed by atoms with E-state index >= 15 is 0 Å². The van der Waals surface area contributed by atoms with Crippen LogP contribution in [0.25, 0.3) is 0 Å². The van der Waals surface area contributed by atoms with Crippen molar-refractivity contribution in [2.24, 2.45) is 0 Å². The first-order valence-corrected chi connectivity index (χ1v) is 10.7. The van der Waals surface area contributed by atoms with Gasteiger partial charge in [0.1, 0.15) is 11.6 Å². The van der Waals surface area contributed by atoms with E-state index in [1.54, 1.807) is 58.9 Å². The Bertz CT molecular complexity index is 1020. The van der Waals surface area contributed by atoms with E-state index in [4.69, 9.17) is 18.7 Å². The number of aromatic nitrogens is 1. The Morgan fingerprint density at radius 1 is 1.06 bits per heavy atom. The summed E-state index contributed by atoms with van der Waals surface area (Å²) in [6, 6.07) is 7.74. The molecule has 2 rings (SSSR count). The summed E-state index contributed by atoms with van der Waals surface area (Å²) in [6.45, 7) is 8.41. The highest BCUT2D eigenvalue weighted by molar-refractivity contribution is 5.88. The van der Waals surface area contributed by atoms with Gasteiger partial charge in [-0.15, -0.1) is 0 Å². The van der Waals surface area contributed by atoms with Crippen LogP contribution in [0.3, 0.4) is 0 Å². The van der Waals surface area contributed by atoms with Crippen molar-refractivity contribution in [2.45, 2.75) is 59.2 Å². The van der Waals surface area contributed by atoms with Crippen molar-refractivity contribution in [1.29, 1.82) is 0 Å². The van der Waals surface area contributed by atoms with Crippen LogP contribution in [0, 0.1) is 0 Å². The Kier molecular flexibility index (Phi) is 8.84. The van der Waals surface area contributed by atoms with Crippen molar-refractivity contribution in [1.82, 2.24) is 10.1 Å². The Balaban J connectivity index is 2.41. The molecule has 0 saturated heterocycles. The van der Waals surface area contributed by atoms with E-state index in [9.17, 15) is 19.2 Å². The van der Waals surface area contributed by atoms with E-state index in [0.29, 0.717) is 0 Å². The lowest BCUT2D eigenvalue weighted by Gasteiger charge is -2.22. The Morgan fingerprint density at radius 2 is 1.70 bits per heavy atom. The number of alkyl carbamates (subject to hydrolysis) is 1. The fraction of sp³-hybridized carbons (Fsp3) is 0.478. The summed E-state index contributed by atoms with van der Waals surface area (Å²) in [4.78, 5) is 50.4. The zero-order chi connectivity index (χ0) is 24.6. The number of nitrogens with one attached hydrogen (secondary N) is 1. The fourth-order valence-corrected chi connectivity index (χ4v) is 2.93. The summed E-state index contributed by atoms with van der Waals surface area (Å²) >= 11 is 0. The van der Waals surface area contributed by atoms with Gasteiger partial charge in [0.25, 0.3) is 5.56 Å². The van der Waals surface area contributed by atoms with E-state index in [-0.39, 0.29) is 37.5 Å². The lowest BCUT2D eigenvalue weighted by Crippen LogP contribution is -2.46. The van der Waals surface area contributed by atoms with E-state index in [1.807, 2.05) is 6.07 Å². The van der Waals surface area contributed by atoms with Crippen molar-refractivity contribution in [3.8, 4) is 0 Å². The second-order valence-electron chi connectivity index (χ2n) is 8.10. The number of ether oxygens (including phenoxy) is 3. The SMILES string of the molecule is CCOC(=O)c1on(Cc2ccccc2)c(=O)c1CC(NC(=O)OC(C)(C)C)C(=O)OCC. The third kappa shape index (κ3) is 7.51. The van der Waals surface area contributed by atoms with E-state index < -0.39 is 35.2 Å². The molecule has 0 aliphatic carbocycles. The summed E-state index contributed by atoms with van der Waals surface area (Å²) < 4.78 is 21.8. The van der Waals surface area contributed by atoms with Crippen molar-refractivity contribution < 1.29 is 33.1 Å². The highest BCUT2D eigenvalue weighted by Crippen LogP contribution is 2.14. The highest BCUT2D eigenvalue weighted by Gasteiger charge is 2.32. The Labute approximate surface area is 191 Å². The van der Waals surface area contributed by atoms with Crippen molar-refractivity contribution in [3.63, 3.8) is 0 Å². The molecule has 0 aliphatic heterocycles. The lowest BCUT2D eigenvalue weighted by molar-refractivity contribution is -0.145. The van der Waals surface area contributed by atoms with Gasteiger partial charge in [-0.2, -0.15) is 4.74 Å². The molecule has 2 aromatic rings. The van der Waals surface area contributed by atoms with Gasteiger partial charge in [-0.3, -0.25) is 4.79 Å². The Hall–Kier alpha value is -3.56. The molecule has 1 aromatic heterocycles. The molecule has 0 fully saturated rings. The zero-order valence-corrected chi connectivity index (χ0v) is 19.5. The molecular formula is C23H30N2O8. The van der Waals surface area contributed by atoms with Gasteiger partial charge in [-0.25, -0.2) is 14.4 Å². The van der Waals surface area contributed by atoms with Gasteiger partial charge in [0.15, 0.2) is 0 Å². The lowest BCUT2D eigenvalue weighted by atomic mass is 10.1. The molecular weight excluding hydrogens is 432 g/mol. The van der Waals surface area contributed by atoms with Crippen LogP contribution in [0.15, 0.2) is 39.6 Å². The smallest absolute Gasteiger partial charge is 0.408 e. The standard InChI is InChI=1S/C23H30N2O8/c1-6-30-20(27)17(24-22(29)32-23(3,4)5)13-16-18(21(28)31-7-2)33-25(19(16)26)14-15-11-9-8-10-12-15/h8-12,17H,6-7,13-14H2,1-5H3,(H,24,29). The van der Waals surface area contributed by atoms with Crippen molar-refractivity contribution in [2.75, 3.05) is 13.2 Å². The fourth-order valence-electron chi connectivity index (χ4n) is 2.93.